The van der Waals surface area contributed by atoms with Gasteiger partial charge in [-0.05, 0) is 38.6 Å². The maximum Gasteiger partial charge on any atom is 0.227 e. The van der Waals surface area contributed by atoms with Crippen LogP contribution in [-0.4, -0.2) is 36.5 Å². The Morgan fingerprint density at radius 2 is 2.19 bits per heavy atom. The highest BCUT2D eigenvalue weighted by Crippen LogP contribution is 2.23. The number of hydrogen-bond donors (Lipinski definition) is 1. The molecule has 0 aromatic carbocycles. The topological polar surface area (TPSA) is 32.3 Å². The molecule has 4 heteroatoms. The molecule has 0 saturated carbocycles. The van der Waals surface area contributed by atoms with Crippen molar-refractivity contribution in [3.8, 4) is 0 Å². The van der Waals surface area contributed by atoms with E-state index in [1.54, 1.807) is 0 Å². The van der Waals surface area contributed by atoms with E-state index >= 15 is 0 Å². The van der Waals surface area contributed by atoms with Gasteiger partial charge in [0.25, 0.3) is 0 Å². The van der Waals surface area contributed by atoms with Gasteiger partial charge in [0.2, 0.25) is 5.91 Å². The number of likely N-dealkylation sites (tertiary alicyclic amines) is 1. The van der Waals surface area contributed by atoms with Gasteiger partial charge < -0.3 is 10.2 Å². The van der Waals surface area contributed by atoms with Gasteiger partial charge >= 0.3 is 0 Å². The minimum absolute atomic E-state index is 0. The third-order valence-corrected chi connectivity index (χ3v) is 3.79. The number of nitrogens with zero attached hydrogens (tertiary/aromatic N) is 1. The smallest absolute Gasteiger partial charge is 0.227 e. The molecule has 1 N–H and O–H groups in total. The summed E-state index contributed by atoms with van der Waals surface area (Å²) in [5, 5.41) is 3.28. The molecule has 0 aromatic rings. The molecule has 0 aliphatic carbocycles. The molecule has 2 atom stereocenters. The van der Waals surface area contributed by atoms with E-state index < -0.39 is 0 Å². The van der Waals surface area contributed by atoms with Crippen molar-refractivity contribution in [2.24, 2.45) is 5.92 Å². The fourth-order valence-electron chi connectivity index (χ4n) is 2.82. The van der Waals surface area contributed by atoms with E-state index in [-0.39, 0.29) is 18.3 Å². The summed E-state index contributed by atoms with van der Waals surface area (Å²) in [5.41, 5.74) is 0. The second kappa shape index (κ2) is 6.45. The first-order valence-corrected chi connectivity index (χ1v) is 6.34. The first-order valence-electron chi connectivity index (χ1n) is 6.34. The van der Waals surface area contributed by atoms with E-state index in [9.17, 15) is 4.79 Å². The number of carbonyl (C=O) groups excluding carboxylic acids is 1. The Bertz CT molecular complexity index is 229. The zero-order valence-corrected chi connectivity index (χ0v) is 10.9. The van der Waals surface area contributed by atoms with Gasteiger partial charge in [0, 0.05) is 19.1 Å². The van der Waals surface area contributed by atoms with Crippen molar-refractivity contribution in [3.63, 3.8) is 0 Å². The second-order valence-electron chi connectivity index (χ2n) is 4.78. The van der Waals surface area contributed by atoms with Crippen molar-refractivity contribution in [1.82, 2.24) is 10.2 Å². The zero-order valence-electron chi connectivity index (χ0n) is 10.1. The summed E-state index contributed by atoms with van der Waals surface area (Å²) in [6, 6.07) is 0.520. The van der Waals surface area contributed by atoms with Gasteiger partial charge in [-0.2, -0.15) is 0 Å². The Balaban J connectivity index is 0.00000128. The lowest BCUT2D eigenvalue weighted by Gasteiger charge is -2.36. The number of rotatable bonds is 2. The van der Waals surface area contributed by atoms with Crippen LogP contribution in [0.4, 0.5) is 0 Å². The van der Waals surface area contributed by atoms with Crippen LogP contribution in [0.2, 0.25) is 0 Å². The van der Waals surface area contributed by atoms with Crippen molar-refractivity contribution < 1.29 is 4.79 Å². The highest BCUT2D eigenvalue weighted by molar-refractivity contribution is 5.85. The monoisotopic (exact) mass is 246 g/mol. The van der Waals surface area contributed by atoms with Crippen LogP contribution in [0.25, 0.3) is 0 Å². The summed E-state index contributed by atoms with van der Waals surface area (Å²) in [6.07, 6.45) is 5.85. The van der Waals surface area contributed by atoms with Crippen LogP contribution in [-0.2, 0) is 4.79 Å². The average Bonchev–Trinajstić information content (AvgIpc) is 2.81. The third-order valence-electron chi connectivity index (χ3n) is 3.79. The van der Waals surface area contributed by atoms with Crippen molar-refractivity contribution >= 4 is 18.3 Å². The Morgan fingerprint density at radius 1 is 1.38 bits per heavy atom. The first-order chi connectivity index (χ1) is 7.33. The van der Waals surface area contributed by atoms with Gasteiger partial charge in [0.1, 0.15) is 0 Å². The molecule has 1 amide bonds. The molecule has 94 valence electrons. The molecule has 0 spiro atoms. The van der Waals surface area contributed by atoms with Gasteiger partial charge in [-0.25, -0.2) is 0 Å². The van der Waals surface area contributed by atoms with Crippen LogP contribution in [0, 0.1) is 5.92 Å². The SMILES string of the molecule is CCC1CCCCN1C(=O)[C@H]1CCNC1.Cl. The Kier molecular flexibility index (Phi) is 5.56. The van der Waals surface area contributed by atoms with E-state index in [0.29, 0.717) is 11.9 Å². The normalized spacial score (nSPS) is 29.9. The Hall–Kier alpha value is -0.280. The van der Waals surface area contributed by atoms with Gasteiger partial charge in [-0.1, -0.05) is 6.92 Å². The zero-order chi connectivity index (χ0) is 10.7. The molecule has 2 aliphatic heterocycles. The van der Waals surface area contributed by atoms with Crippen LogP contribution < -0.4 is 5.32 Å². The number of halogens is 1. The van der Waals surface area contributed by atoms with E-state index in [1.807, 2.05) is 0 Å². The molecule has 2 aliphatic rings. The van der Waals surface area contributed by atoms with Crippen LogP contribution in [0.3, 0.4) is 0 Å². The summed E-state index contributed by atoms with van der Waals surface area (Å²) < 4.78 is 0. The molecule has 0 bridgehead atoms. The molecular weight excluding hydrogens is 224 g/mol. The van der Waals surface area contributed by atoms with Crippen LogP contribution in [0.15, 0.2) is 0 Å². The maximum absolute atomic E-state index is 12.3. The largest absolute Gasteiger partial charge is 0.339 e. The average molecular weight is 247 g/mol. The van der Waals surface area contributed by atoms with Crippen LogP contribution in [0.1, 0.15) is 39.0 Å². The van der Waals surface area contributed by atoms with Crippen LogP contribution in [0.5, 0.6) is 0 Å². The minimum Gasteiger partial charge on any atom is -0.339 e. The summed E-state index contributed by atoms with van der Waals surface area (Å²) in [7, 11) is 0. The molecular formula is C12H23ClN2O. The molecule has 0 radical (unpaired) electrons. The lowest BCUT2D eigenvalue weighted by Crippen LogP contribution is -2.46. The van der Waals surface area contributed by atoms with Crippen molar-refractivity contribution in [2.75, 3.05) is 19.6 Å². The third kappa shape index (κ3) is 2.89. The Labute approximate surface area is 104 Å². The number of hydrogen-bond acceptors (Lipinski definition) is 2. The molecule has 2 rings (SSSR count). The van der Waals surface area contributed by atoms with E-state index in [0.717, 1.165) is 32.5 Å². The molecule has 2 fully saturated rings. The number of nitrogens with one attached hydrogen (secondary N) is 1. The highest BCUT2D eigenvalue weighted by Gasteiger charge is 2.31. The van der Waals surface area contributed by atoms with Gasteiger partial charge in [0.05, 0.1) is 5.92 Å². The lowest BCUT2D eigenvalue weighted by molar-refractivity contribution is -0.138. The number of piperidine rings is 1. The fraction of sp³-hybridized carbons (Fsp3) is 0.917. The molecule has 2 saturated heterocycles. The lowest BCUT2D eigenvalue weighted by atomic mass is 9.97. The van der Waals surface area contributed by atoms with E-state index in [2.05, 4.69) is 17.1 Å². The minimum atomic E-state index is 0. The van der Waals surface area contributed by atoms with Gasteiger partial charge in [-0.15, -0.1) is 12.4 Å². The summed E-state index contributed by atoms with van der Waals surface area (Å²) in [6.45, 7) is 5.10. The van der Waals surface area contributed by atoms with Gasteiger partial charge in [-0.3, -0.25) is 4.79 Å². The summed E-state index contributed by atoms with van der Waals surface area (Å²) in [5.74, 6) is 0.670. The van der Waals surface area contributed by atoms with E-state index in [1.165, 1.54) is 19.3 Å². The first kappa shape index (κ1) is 13.8. The summed E-state index contributed by atoms with van der Waals surface area (Å²) >= 11 is 0. The molecule has 16 heavy (non-hydrogen) atoms. The molecule has 2 heterocycles. The highest BCUT2D eigenvalue weighted by atomic mass is 35.5. The van der Waals surface area contributed by atoms with Gasteiger partial charge in [0.15, 0.2) is 0 Å². The van der Waals surface area contributed by atoms with Crippen molar-refractivity contribution in [3.05, 3.63) is 0 Å². The standard InChI is InChI=1S/C12H22N2O.ClH/c1-2-11-5-3-4-8-14(11)12(15)10-6-7-13-9-10;/h10-11,13H,2-9H2,1H3;1H/t10-,11?;/m0./s1. The van der Waals surface area contributed by atoms with E-state index in [4.69, 9.17) is 0 Å². The number of carbonyl (C=O) groups is 1. The molecule has 0 aromatic heterocycles. The van der Waals surface area contributed by atoms with Crippen molar-refractivity contribution in [2.45, 2.75) is 45.1 Å². The predicted molar refractivity (Wildman–Crippen MR) is 67.9 cm³/mol. The number of amides is 1. The Morgan fingerprint density at radius 3 is 2.81 bits per heavy atom. The molecule has 1 unspecified atom stereocenters. The second-order valence-corrected chi connectivity index (χ2v) is 4.78. The fourth-order valence-corrected chi connectivity index (χ4v) is 2.82. The maximum atomic E-state index is 12.3. The molecule has 3 nitrogen and oxygen atoms in total. The van der Waals surface area contributed by atoms with Crippen molar-refractivity contribution in [1.29, 1.82) is 0 Å². The van der Waals surface area contributed by atoms with Crippen LogP contribution >= 0.6 is 12.4 Å². The summed E-state index contributed by atoms with van der Waals surface area (Å²) in [4.78, 5) is 14.4. The quantitative estimate of drug-likeness (QED) is 0.806. The predicted octanol–water partition coefficient (Wildman–Crippen LogP) is 1.81.